The molecule has 32 heavy (non-hydrogen) atoms. The highest BCUT2D eigenvalue weighted by Gasteiger charge is 2.33. The van der Waals surface area contributed by atoms with Gasteiger partial charge in [0.05, 0.1) is 23.3 Å². The van der Waals surface area contributed by atoms with Crippen LogP contribution in [0.1, 0.15) is 32.9 Å². The molecule has 0 unspecified atom stereocenters. The smallest absolute Gasteiger partial charge is 0.337 e. The molecule has 3 aromatic rings. The lowest BCUT2D eigenvalue weighted by Crippen LogP contribution is -2.27. The van der Waals surface area contributed by atoms with Crippen molar-refractivity contribution in [3.05, 3.63) is 87.6 Å². The van der Waals surface area contributed by atoms with Crippen molar-refractivity contribution in [3.8, 4) is 5.69 Å². The Labute approximate surface area is 196 Å². The third-order valence-electron chi connectivity index (χ3n) is 5.44. The summed E-state index contributed by atoms with van der Waals surface area (Å²) in [6.45, 7) is 6.00. The fraction of sp³-hybridized carbons (Fsp3) is 0.160. The molecule has 0 spiro atoms. The van der Waals surface area contributed by atoms with E-state index < -0.39 is 0 Å². The van der Waals surface area contributed by atoms with Gasteiger partial charge in [0.2, 0.25) is 0 Å². The molecule has 0 bridgehead atoms. The Morgan fingerprint density at radius 1 is 1.06 bits per heavy atom. The van der Waals surface area contributed by atoms with Crippen LogP contribution < -0.4 is 4.90 Å². The highest BCUT2D eigenvalue weighted by Crippen LogP contribution is 2.37. The van der Waals surface area contributed by atoms with Gasteiger partial charge in [0, 0.05) is 17.1 Å². The van der Waals surface area contributed by atoms with Crippen LogP contribution in [0.25, 0.3) is 11.8 Å². The molecule has 2 aromatic carbocycles. The van der Waals surface area contributed by atoms with Crippen molar-refractivity contribution in [1.29, 1.82) is 0 Å². The van der Waals surface area contributed by atoms with E-state index in [2.05, 4.69) is 4.57 Å². The van der Waals surface area contributed by atoms with Gasteiger partial charge in [-0.2, -0.15) is 0 Å². The van der Waals surface area contributed by atoms with Crippen molar-refractivity contribution >= 4 is 51.9 Å². The van der Waals surface area contributed by atoms with Crippen LogP contribution in [0.15, 0.2) is 59.5 Å². The number of aryl methyl sites for hydroxylation is 2. The van der Waals surface area contributed by atoms with Crippen LogP contribution in [0.3, 0.4) is 0 Å². The van der Waals surface area contributed by atoms with Crippen LogP contribution in [0, 0.1) is 20.8 Å². The normalized spacial score (nSPS) is 15.0. The van der Waals surface area contributed by atoms with Crippen molar-refractivity contribution in [2.75, 3.05) is 12.0 Å². The van der Waals surface area contributed by atoms with E-state index in [9.17, 15) is 9.59 Å². The summed E-state index contributed by atoms with van der Waals surface area (Å²) in [5, 5.41) is 0. The summed E-state index contributed by atoms with van der Waals surface area (Å²) < 4.78 is 7.48. The Balaban J connectivity index is 1.74. The van der Waals surface area contributed by atoms with Gasteiger partial charge in [-0.25, -0.2) is 4.79 Å². The van der Waals surface area contributed by atoms with Gasteiger partial charge in [-0.15, -0.1) is 0 Å². The summed E-state index contributed by atoms with van der Waals surface area (Å²) in [7, 11) is 1.37. The summed E-state index contributed by atoms with van der Waals surface area (Å²) in [6, 6.07) is 17.0. The van der Waals surface area contributed by atoms with Crippen molar-refractivity contribution in [1.82, 2.24) is 4.57 Å². The lowest BCUT2D eigenvalue weighted by atomic mass is 10.1. The molecule has 0 saturated carbocycles. The predicted octanol–water partition coefficient (Wildman–Crippen LogP) is 5.59. The van der Waals surface area contributed by atoms with E-state index in [0.717, 1.165) is 33.9 Å². The molecule has 2 heterocycles. The number of hydrogen-bond acceptors (Lipinski definition) is 5. The predicted molar refractivity (Wildman–Crippen MR) is 133 cm³/mol. The van der Waals surface area contributed by atoms with E-state index >= 15 is 0 Å². The van der Waals surface area contributed by atoms with Crippen LogP contribution in [-0.2, 0) is 9.53 Å². The molecule has 0 radical (unpaired) electrons. The number of thioether (sulfide) groups is 1. The first-order chi connectivity index (χ1) is 15.3. The second kappa shape index (κ2) is 8.76. The molecular formula is C25H22N2O3S2. The Morgan fingerprint density at radius 3 is 2.47 bits per heavy atom. The van der Waals surface area contributed by atoms with Crippen LogP contribution in [0.5, 0.6) is 0 Å². The molecule has 0 atom stereocenters. The van der Waals surface area contributed by atoms with Crippen LogP contribution in [0.4, 0.5) is 5.69 Å². The lowest BCUT2D eigenvalue weighted by molar-refractivity contribution is -0.113. The topological polar surface area (TPSA) is 51.5 Å². The molecule has 7 heteroatoms. The number of esters is 1. The molecule has 1 aromatic heterocycles. The van der Waals surface area contributed by atoms with Crippen LogP contribution in [0.2, 0.25) is 0 Å². The van der Waals surface area contributed by atoms with Gasteiger partial charge in [0.25, 0.3) is 5.91 Å². The van der Waals surface area contributed by atoms with E-state index in [1.165, 1.54) is 18.9 Å². The summed E-state index contributed by atoms with van der Waals surface area (Å²) >= 11 is 6.78. The number of benzene rings is 2. The zero-order valence-corrected chi connectivity index (χ0v) is 19.8. The summed E-state index contributed by atoms with van der Waals surface area (Å²) in [5.41, 5.74) is 6.08. The fourth-order valence-electron chi connectivity index (χ4n) is 3.81. The number of hydrogen-bond donors (Lipinski definition) is 0. The number of carbonyl (C=O) groups excluding carboxylic acids is 2. The third kappa shape index (κ3) is 3.89. The second-order valence-electron chi connectivity index (χ2n) is 7.51. The Bertz CT molecular complexity index is 1280. The number of methoxy groups -OCH3 is 1. The second-order valence-corrected chi connectivity index (χ2v) is 9.18. The maximum absolute atomic E-state index is 13.1. The van der Waals surface area contributed by atoms with E-state index in [1.54, 1.807) is 11.0 Å². The molecule has 5 nitrogen and oxygen atoms in total. The van der Waals surface area contributed by atoms with Crippen molar-refractivity contribution < 1.29 is 14.3 Å². The number of rotatable bonds is 4. The maximum Gasteiger partial charge on any atom is 0.337 e. The minimum atomic E-state index is -0.376. The first-order valence-corrected chi connectivity index (χ1v) is 11.3. The van der Waals surface area contributed by atoms with Gasteiger partial charge in [-0.3, -0.25) is 9.69 Å². The molecule has 1 aliphatic rings. The van der Waals surface area contributed by atoms with Gasteiger partial charge in [0.1, 0.15) is 0 Å². The quantitative estimate of drug-likeness (QED) is 0.287. The van der Waals surface area contributed by atoms with Gasteiger partial charge in [0.15, 0.2) is 4.32 Å². The van der Waals surface area contributed by atoms with Gasteiger partial charge >= 0.3 is 5.97 Å². The minimum absolute atomic E-state index is 0.125. The average Bonchev–Trinajstić information content (AvgIpc) is 3.22. The van der Waals surface area contributed by atoms with Crippen molar-refractivity contribution in [3.63, 3.8) is 0 Å². The molecule has 1 aliphatic heterocycles. The Kier molecular flexibility index (Phi) is 6.04. The molecule has 1 fully saturated rings. The Hall–Kier alpha value is -3.16. The molecule has 0 N–H and O–H groups in total. The van der Waals surface area contributed by atoms with E-state index in [0.29, 0.717) is 14.8 Å². The molecule has 1 amide bonds. The third-order valence-corrected chi connectivity index (χ3v) is 6.74. The molecule has 1 saturated heterocycles. The number of carbonyl (C=O) groups is 2. The summed E-state index contributed by atoms with van der Waals surface area (Å²) in [4.78, 5) is 27.3. The minimum Gasteiger partial charge on any atom is -0.465 e. The first kappa shape index (κ1) is 22.0. The number of ether oxygens (including phenoxy) is 1. The van der Waals surface area contributed by atoms with Crippen molar-refractivity contribution in [2.24, 2.45) is 0 Å². The Morgan fingerprint density at radius 2 is 1.78 bits per heavy atom. The zero-order valence-electron chi connectivity index (χ0n) is 18.2. The molecule has 4 rings (SSSR count). The summed E-state index contributed by atoms with van der Waals surface area (Å²) in [5.74, 6) is -0.501. The van der Waals surface area contributed by atoms with Gasteiger partial charge < -0.3 is 9.30 Å². The summed E-state index contributed by atoms with van der Waals surface area (Å²) in [6.07, 6.45) is 1.89. The standard InChI is InChI=1S/C25H22N2O3S2/c1-15-10-11-18(24(29)30-4)13-21(15)26-16(2)12-19(17(26)3)14-22-23(28)27(25(31)32-22)20-8-6-5-7-9-20/h5-14H,1-4H3/b22-14+. The van der Waals surface area contributed by atoms with Crippen molar-refractivity contribution in [2.45, 2.75) is 20.8 Å². The van der Waals surface area contributed by atoms with E-state index in [1.807, 2.05) is 75.4 Å². The first-order valence-electron chi connectivity index (χ1n) is 10.0. The molecular weight excluding hydrogens is 440 g/mol. The number of nitrogens with zero attached hydrogens (tertiary/aromatic N) is 2. The lowest BCUT2D eigenvalue weighted by Gasteiger charge is -2.14. The van der Waals surface area contributed by atoms with Gasteiger partial charge in [-0.05, 0) is 68.3 Å². The number of aromatic nitrogens is 1. The number of para-hydroxylation sites is 1. The molecule has 162 valence electrons. The number of thiocarbonyl (C=S) groups is 1. The SMILES string of the molecule is COC(=O)c1ccc(C)c(-n2c(C)cc(/C=C3/SC(=S)N(c4ccccc4)C3=O)c2C)c1. The van der Waals surface area contributed by atoms with Crippen LogP contribution in [-0.4, -0.2) is 27.9 Å². The average molecular weight is 463 g/mol. The molecule has 0 aliphatic carbocycles. The number of amides is 1. The highest BCUT2D eigenvalue weighted by atomic mass is 32.2. The largest absolute Gasteiger partial charge is 0.465 e. The fourth-order valence-corrected chi connectivity index (χ4v) is 5.10. The zero-order chi connectivity index (χ0) is 23.0. The highest BCUT2D eigenvalue weighted by molar-refractivity contribution is 8.27. The number of anilines is 1. The van der Waals surface area contributed by atoms with Crippen LogP contribution >= 0.6 is 24.0 Å². The van der Waals surface area contributed by atoms with E-state index in [-0.39, 0.29) is 11.9 Å². The van der Waals surface area contributed by atoms with E-state index in [4.69, 9.17) is 17.0 Å². The maximum atomic E-state index is 13.1. The van der Waals surface area contributed by atoms with Gasteiger partial charge in [-0.1, -0.05) is 48.2 Å². The monoisotopic (exact) mass is 462 g/mol.